The number of fused-ring (bicyclic) bond motifs is 1. The number of imide groups is 1. The lowest BCUT2D eigenvalue weighted by atomic mass is 10.0. The highest BCUT2D eigenvalue weighted by Crippen LogP contribution is 2.39. The van der Waals surface area contributed by atoms with E-state index in [1.54, 1.807) is 38.1 Å². The zero-order valence-corrected chi connectivity index (χ0v) is 19.9. The van der Waals surface area contributed by atoms with Crippen LogP contribution >= 0.6 is 0 Å². The van der Waals surface area contributed by atoms with Crippen molar-refractivity contribution in [2.75, 3.05) is 31.0 Å². The number of carbonyl (C=O) groups excluding carboxylic acids is 3. The van der Waals surface area contributed by atoms with Gasteiger partial charge in [0, 0.05) is 13.2 Å². The van der Waals surface area contributed by atoms with Gasteiger partial charge >= 0.3 is 0 Å². The van der Waals surface area contributed by atoms with Gasteiger partial charge in [-0.05, 0) is 43.2 Å². The molecule has 3 amide bonds. The van der Waals surface area contributed by atoms with E-state index in [0.717, 1.165) is 11.2 Å². The third kappa shape index (κ3) is 4.85. The topological polar surface area (TPSA) is 119 Å². The van der Waals surface area contributed by atoms with E-state index in [0.29, 0.717) is 29.2 Å². The van der Waals surface area contributed by atoms with Gasteiger partial charge in [0.1, 0.15) is 9.84 Å². The first-order valence-electron chi connectivity index (χ1n) is 10.3. The SMILES string of the molecule is CCOc1cc([C@@H](CS(C)(=O)=O)N2C(=O)c3ccc(C)c(NC(C)=O)c3C2=O)ccc1OC. The predicted molar refractivity (Wildman–Crippen MR) is 123 cm³/mol. The van der Waals surface area contributed by atoms with Crippen LogP contribution in [-0.2, 0) is 14.6 Å². The van der Waals surface area contributed by atoms with Gasteiger partial charge < -0.3 is 14.8 Å². The van der Waals surface area contributed by atoms with Crippen LogP contribution in [0.15, 0.2) is 30.3 Å². The minimum absolute atomic E-state index is 0.0484. The summed E-state index contributed by atoms with van der Waals surface area (Å²) in [5.74, 6) is -1.39. The predicted octanol–water partition coefficient (Wildman–Crippen LogP) is 2.74. The fourth-order valence-corrected chi connectivity index (χ4v) is 4.76. The minimum atomic E-state index is -3.61. The molecule has 0 aliphatic carbocycles. The van der Waals surface area contributed by atoms with E-state index in [-0.39, 0.29) is 16.8 Å². The molecule has 3 rings (SSSR count). The number of nitrogens with zero attached hydrogens (tertiary/aromatic N) is 1. The van der Waals surface area contributed by atoms with E-state index in [2.05, 4.69) is 5.32 Å². The smallest absolute Gasteiger partial charge is 0.264 e. The lowest BCUT2D eigenvalue weighted by Gasteiger charge is -2.27. The number of aryl methyl sites for hydroxylation is 1. The van der Waals surface area contributed by atoms with E-state index < -0.39 is 39.4 Å². The molecule has 1 atom stereocenters. The Balaban J connectivity index is 2.16. The molecule has 1 N–H and O–H groups in total. The maximum absolute atomic E-state index is 13.5. The quantitative estimate of drug-likeness (QED) is 0.584. The average molecular weight is 475 g/mol. The highest BCUT2D eigenvalue weighted by atomic mass is 32.2. The Morgan fingerprint density at radius 1 is 1.12 bits per heavy atom. The summed E-state index contributed by atoms with van der Waals surface area (Å²) in [4.78, 5) is 39.5. The number of hydrogen-bond donors (Lipinski definition) is 1. The molecule has 9 nitrogen and oxygen atoms in total. The Bertz CT molecular complexity index is 1240. The van der Waals surface area contributed by atoms with Gasteiger partial charge in [-0.3, -0.25) is 19.3 Å². The van der Waals surface area contributed by atoms with Gasteiger partial charge in [0.25, 0.3) is 11.8 Å². The molecule has 2 aromatic carbocycles. The van der Waals surface area contributed by atoms with Crippen LogP contribution < -0.4 is 14.8 Å². The number of amides is 3. The number of anilines is 1. The molecule has 0 spiro atoms. The first-order chi connectivity index (χ1) is 15.5. The van der Waals surface area contributed by atoms with Crippen LogP contribution in [0.25, 0.3) is 0 Å². The van der Waals surface area contributed by atoms with Crippen molar-refractivity contribution >= 4 is 33.2 Å². The van der Waals surface area contributed by atoms with Crippen molar-refractivity contribution in [3.8, 4) is 11.5 Å². The minimum Gasteiger partial charge on any atom is -0.493 e. The maximum Gasteiger partial charge on any atom is 0.264 e. The van der Waals surface area contributed by atoms with Crippen LogP contribution in [0.3, 0.4) is 0 Å². The van der Waals surface area contributed by atoms with Gasteiger partial charge in [-0.25, -0.2) is 8.42 Å². The Kier molecular flexibility index (Phi) is 6.78. The summed E-state index contributed by atoms with van der Waals surface area (Å²) in [7, 11) is -2.14. The summed E-state index contributed by atoms with van der Waals surface area (Å²) < 4.78 is 35.5. The molecular weight excluding hydrogens is 448 g/mol. The first-order valence-corrected chi connectivity index (χ1v) is 12.3. The molecule has 1 aliphatic rings. The summed E-state index contributed by atoms with van der Waals surface area (Å²) >= 11 is 0. The van der Waals surface area contributed by atoms with Crippen molar-refractivity contribution in [2.45, 2.75) is 26.8 Å². The van der Waals surface area contributed by atoms with Crippen LogP contribution in [0, 0.1) is 6.92 Å². The fourth-order valence-electron chi connectivity index (χ4n) is 3.85. The molecule has 0 saturated carbocycles. The monoisotopic (exact) mass is 474 g/mol. The van der Waals surface area contributed by atoms with Crippen molar-refractivity contribution in [1.29, 1.82) is 0 Å². The molecule has 0 aromatic heterocycles. The summed E-state index contributed by atoms with van der Waals surface area (Å²) in [6, 6.07) is 6.80. The molecule has 1 heterocycles. The van der Waals surface area contributed by atoms with Crippen LogP contribution in [0.1, 0.15) is 51.7 Å². The molecule has 1 aliphatic heterocycles. The van der Waals surface area contributed by atoms with Gasteiger partial charge in [-0.15, -0.1) is 0 Å². The van der Waals surface area contributed by atoms with E-state index in [4.69, 9.17) is 9.47 Å². The first kappa shape index (κ1) is 24.2. The van der Waals surface area contributed by atoms with Crippen molar-refractivity contribution in [1.82, 2.24) is 4.90 Å². The van der Waals surface area contributed by atoms with E-state index in [1.165, 1.54) is 20.1 Å². The van der Waals surface area contributed by atoms with Crippen LogP contribution in [0.4, 0.5) is 5.69 Å². The van der Waals surface area contributed by atoms with E-state index in [9.17, 15) is 22.8 Å². The fraction of sp³-hybridized carbons (Fsp3) is 0.348. The largest absolute Gasteiger partial charge is 0.493 e. The zero-order valence-electron chi connectivity index (χ0n) is 19.1. The molecule has 10 heteroatoms. The van der Waals surface area contributed by atoms with Gasteiger partial charge in [0.15, 0.2) is 11.5 Å². The van der Waals surface area contributed by atoms with Gasteiger partial charge in [0.05, 0.1) is 42.3 Å². The number of nitrogens with one attached hydrogen (secondary N) is 1. The Morgan fingerprint density at radius 3 is 2.39 bits per heavy atom. The summed E-state index contributed by atoms with van der Waals surface area (Å²) in [6.45, 7) is 5.13. The molecule has 0 bridgehead atoms. The summed E-state index contributed by atoms with van der Waals surface area (Å²) in [5.41, 5.74) is 1.40. The molecule has 2 aromatic rings. The number of ether oxygens (including phenoxy) is 2. The third-order valence-electron chi connectivity index (χ3n) is 5.24. The molecule has 0 saturated heterocycles. The van der Waals surface area contributed by atoms with Gasteiger partial charge in [-0.1, -0.05) is 12.1 Å². The average Bonchev–Trinajstić information content (AvgIpc) is 2.98. The second-order valence-corrected chi connectivity index (χ2v) is 9.98. The number of hydrogen-bond acceptors (Lipinski definition) is 7. The number of rotatable bonds is 8. The molecule has 33 heavy (non-hydrogen) atoms. The molecule has 0 fully saturated rings. The Hall–Kier alpha value is -3.40. The maximum atomic E-state index is 13.5. The number of methoxy groups -OCH3 is 1. The second-order valence-electron chi connectivity index (χ2n) is 7.79. The second kappa shape index (κ2) is 9.22. The highest BCUT2D eigenvalue weighted by Gasteiger charge is 2.43. The third-order valence-corrected chi connectivity index (χ3v) is 6.16. The molecule has 0 radical (unpaired) electrons. The number of benzene rings is 2. The lowest BCUT2D eigenvalue weighted by Crippen LogP contribution is -2.37. The number of sulfone groups is 1. The van der Waals surface area contributed by atoms with Crippen molar-refractivity contribution in [3.05, 3.63) is 52.6 Å². The van der Waals surface area contributed by atoms with E-state index >= 15 is 0 Å². The van der Waals surface area contributed by atoms with Gasteiger partial charge in [-0.2, -0.15) is 0 Å². The van der Waals surface area contributed by atoms with Crippen LogP contribution in [-0.4, -0.2) is 56.8 Å². The summed E-state index contributed by atoms with van der Waals surface area (Å²) in [5, 5.41) is 2.62. The van der Waals surface area contributed by atoms with Gasteiger partial charge in [0.2, 0.25) is 5.91 Å². The lowest BCUT2D eigenvalue weighted by molar-refractivity contribution is -0.114. The highest BCUT2D eigenvalue weighted by molar-refractivity contribution is 7.90. The van der Waals surface area contributed by atoms with Crippen molar-refractivity contribution in [3.63, 3.8) is 0 Å². The molecular formula is C23H26N2O7S. The van der Waals surface area contributed by atoms with Crippen LogP contribution in [0.2, 0.25) is 0 Å². The standard InChI is InChI=1S/C23H26N2O7S/c1-6-32-19-11-15(8-10-18(19)31-4)17(12-33(5,29)30)25-22(27)16-9-7-13(2)21(24-14(3)26)20(16)23(25)28/h7-11,17H,6,12H2,1-5H3,(H,24,26)/t17-/m1/s1. The number of carbonyl (C=O) groups is 3. The molecule has 0 unspecified atom stereocenters. The Labute approximate surface area is 192 Å². The van der Waals surface area contributed by atoms with Crippen molar-refractivity contribution in [2.24, 2.45) is 0 Å². The zero-order chi connectivity index (χ0) is 24.5. The van der Waals surface area contributed by atoms with Crippen molar-refractivity contribution < 1.29 is 32.3 Å². The Morgan fingerprint density at radius 2 is 1.82 bits per heavy atom. The normalized spacial score (nSPS) is 14.2. The summed E-state index contributed by atoms with van der Waals surface area (Å²) in [6.07, 6.45) is 1.04. The van der Waals surface area contributed by atoms with Crippen LogP contribution in [0.5, 0.6) is 11.5 Å². The molecule has 176 valence electrons. The van der Waals surface area contributed by atoms with E-state index in [1.807, 2.05) is 0 Å².